The third-order valence-corrected chi connectivity index (χ3v) is 5.14. The van der Waals surface area contributed by atoms with Crippen molar-refractivity contribution < 1.29 is 18.8 Å². The summed E-state index contributed by atoms with van der Waals surface area (Å²) in [6, 6.07) is 9.50. The SMILES string of the molecule is Cc1cc(NC(=O)C2CCN(C(=O)COc3ccccc3C(C)(C)C)CC2)no1. The van der Waals surface area contributed by atoms with Crippen molar-refractivity contribution >= 4 is 17.6 Å². The minimum Gasteiger partial charge on any atom is -0.483 e. The maximum absolute atomic E-state index is 12.6. The van der Waals surface area contributed by atoms with Crippen LogP contribution in [-0.2, 0) is 15.0 Å². The second kappa shape index (κ2) is 8.68. The van der Waals surface area contributed by atoms with Gasteiger partial charge in [-0.1, -0.05) is 44.1 Å². The maximum atomic E-state index is 12.6. The number of nitrogens with zero attached hydrogens (tertiary/aromatic N) is 2. The number of aryl methyl sites for hydroxylation is 1. The van der Waals surface area contributed by atoms with Crippen LogP contribution in [-0.4, -0.2) is 41.6 Å². The van der Waals surface area contributed by atoms with Gasteiger partial charge in [0.15, 0.2) is 12.4 Å². The second-order valence-electron chi connectivity index (χ2n) is 8.50. The van der Waals surface area contributed by atoms with Crippen LogP contribution in [0.5, 0.6) is 5.75 Å². The van der Waals surface area contributed by atoms with Gasteiger partial charge in [-0.25, -0.2) is 0 Å². The fraction of sp³-hybridized carbons (Fsp3) is 0.500. The molecule has 2 heterocycles. The van der Waals surface area contributed by atoms with Crippen LogP contribution < -0.4 is 10.1 Å². The molecule has 1 aliphatic rings. The first-order valence-electron chi connectivity index (χ1n) is 9.98. The highest BCUT2D eigenvalue weighted by Crippen LogP contribution is 2.31. The number of nitrogens with one attached hydrogen (secondary N) is 1. The lowest BCUT2D eigenvalue weighted by Crippen LogP contribution is -2.43. The Bertz CT molecular complexity index is 861. The van der Waals surface area contributed by atoms with Crippen molar-refractivity contribution in [1.82, 2.24) is 10.1 Å². The van der Waals surface area contributed by atoms with Crippen LogP contribution in [0.3, 0.4) is 0 Å². The number of hydrogen-bond donors (Lipinski definition) is 1. The number of anilines is 1. The predicted molar refractivity (Wildman–Crippen MR) is 110 cm³/mol. The number of ether oxygens (including phenoxy) is 1. The Hall–Kier alpha value is -2.83. The highest BCUT2D eigenvalue weighted by atomic mass is 16.5. The molecular formula is C22H29N3O4. The monoisotopic (exact) mass is 399 g/mol. The number of benzene rings is 1. The molecule has 7 nitrogen and oxygen atoms in total. The van der Waals surface area contributed by atoms with E-state index in [4.69, 9.17) is 9.26 Å². The van der Waals surface area contributed by atoms with Crippen molar-refractivity contribution in [2.24, 2.45) is 5.92 Å². The Labute approximate surface area is 171 Å². The molecule has 0 atom stereocenters. The van der Waals surface area contributed by atoms with Crippen molar-refractivity contribution in [3.63, 3.8) is 0 Å². The molecule has 29 heavy (non-hydrogen) atoms. The number of para-hydroxylation sites is 1. The summed E-state index contributed by atoms with van der Waals surface area (Å²) in [7, 11) is 0. The Morgan fingerprint density at radius 1 is 1.24 bits per heavy atom. The van der Waals surface area contributed by atoms with Gasteiger partial charge in [0.25, 0.3) is 5.91 Å². The Morgan fingerprint density at radius 3 is 2.55 bits per heavy atom. The number of piperidine rings is 1. The van der Waals surface area contributed by atoms with Gasteiger partial charge in [0.2, 0.25) is 5.91 Å². The van der Waals surface area contributed by atoms with Crippen LogP contribution in [0, 0.1) is 12.8 Å². The highest BCUT2D eigenvalue weighted by molar-refractivity contribution is 5.91. The molecule has 2 aromatic rings. The van der Waals surface area contributed by atoms with Crippen molar-refractivity contribution in [1.29, 1.82) is 0 Å². The summed E-state index contributed by atoms with van der Waals surface area (Å²) in [6.45, 7) is 9.21. The van der Waals surface area contributed by atoms with Gasteiger partial charge >= 0.3 is 0 Å². The van der Waals surface area contributed by atoms with Crippen molar-refractivity contribution in [3.05, 3.63) is 41.7 Å². The lowest BCUT2D eigenvalue weighted by molar-refractivity contribution is -0.136. The summed E-state index contributed by atoms with van der Waals surface area (Å²) in [5.41, 5.74) is 1.01. The first-order chi connectivity index (χ1) is 13.7. The molecule has 1 aromatic heterocycles. The minimum absolute atomic E-state index is 0.00216. The van der Waals surface area contributed by atoms with E-state index in [1.807, 2.05) is 24.3 Å². The molecular weight excluding hydrogens is 370 g/mol. The molecule has 3 rings (SSSR count). The quantitative estimate of drug-likeness (QED) is 0.831. The van der Waals surface area contributed by atoms with Gasteiger partial charge in [-0.05, 0) is 36.8 Å². The van der Waals surface area contributed by atoms with Crippen molar-refractivity contribution in [3.8, 4) is 5.75 Å². The van der Waals surface area contributed by atoms with Crippen molar-refractivity contribution in [2.75, 3.05) is 25.0 Å². The van der Waals surface area contributed by atoms with E-state index in [1.54, 1.807) is 17.9 Å². The highest BCUT2D eigenvalue weighted by Gasteiger charge is 2.28. The summed E-state index contributed by atoms with van der Waals surface area (Å²) in [5.74, 6) is 1.54. The topological polar surface area (TPSA) is 84.7 Å². The standard InChI is InChI=1S/C22H29N3O4/c1-15-13-19(24-29-15)23-21(27)16-9-11-25(12-10-16)20(26)14-28-18-8-6-5-7-17(18)22(2,3)4/h5-8,13,16H,9-12,14H2,1-4H3,(H,23,24,27). The van der Waals surface area contributed by atoms with Crippen LogP contribution in [0.25, 0.3) is 0 Å². The molecule has 0 aliphatic carbocycles. The van der Waals surface area contributed by atoms with Gasteiger partial charge < -0.3 is 19.5 Å². The molecule has 2 amide bonds. The lowest BCUT2D eigenvalue weighted by atomic mass is 9.86. The zero-order chi connectivity index (χ0) is 21.0. The fourth-order valence-electron chi connectivity index (χ4n) is 3.49. The van der Waals surface area contributed by atoms with E-state index in [0.29, 0.717) is 37.5 Å². The van der Waals surface area contributed by atoms with Crippen molar-refractivity contribution in [2.45, 2.75) is 46.0 Å². The molecule has 7 heteroatoms. The Kier molecular flexibility index (Phi) is 6.25. The van der Waals surface area contributed by atoms with Crippen LogP contribution in [0.1, 0.15) is 44.9 Å². The van der Waals surface area contributed by atoms with Gasteiger partial charge in [-0.3, -0.25) is 9.59 Å². The van der Waals surface area contributed by atoms with Crippen LogP contribution in [0.15, 0.2) is 34.9 Å². The normalized spacial score (nSPS) is 15.2. The predicted octanol–water partition coefficient (Wildman–Crippen LogP) is 3.54. The van der Waals surface area contributed by atoms with Crippen LogP contribution >= 0.6 is 0 Å². The van der Waals surface area contributed by atoms with Crippen LogP contribution in [0.4, 0.5) is 5.82 Å². The first-order valence-corrected chi connectivity index (χ1v) is 9.98. The number of carbonyl (C=O) groups is 2. The molecule has 156 valence electrons. The summed E-state index contributed by atoms with van der Waals surface area (Å²) in [5, 5.41) is 6.55. The molecule has 1 aromatic carbocycles. The molecule has 0 unspecified atom stereocenters. The summed E-state index contributed by atoms with van der Waals surface area (Å²) in [4.78, 5) is 26.7. The Morgan fingerprint density at radius 2 is 1.93 bits per heavy atom. The number of aromatic nitrogens is 1. The zero-order valence-electron chi connectivity index (χ0n) is 17.5. The van der Waals surface area contributed by atoms with E-state index in [9.17, 15) is 9.59 Å². The van der Waals surface area contributed by atoms with Crippen LogP contribution in [0.2, 0.25) is 0 Å². The smallest absolute Gasteiger partial charge is 0.260 e. The van der Waals surface area contributed by atoms with E-state index < -0.39 is 0 Å². The number of hydrogen-bond acceptors (Lipinski definition) is 5. The summed E-state index contributed by atoms with van der Waals surface area (Å²) in [6.07, 6.45) is 1.24. The number of likely N-dealkylation sites (tertiary alicyclic amines) is 1. The maximum Gasteiger partial charge on any atom is 0.260 e. The summed E-state index contributed by atoms with van der Waals surface area (Å²) >= 11 is 0. The molecule has 1 fully saturated rings. The molecule has 0 bridgehead atoms. The summed E-state index contributed by atoms with van der Waals surface area (Å²) < 4.78 is 10.8. The fourth-order valence-corrected chi connectivity index (χ4v) is 3.49. The van der Waals surface area contributed by atoms with Gasteiger partial charge in [0, 0.05) is 25.1 Å². The minimum atomic E-state index is -0.140. The molecule has 0 radical (unpaired) electrons. The molecule has 1 saturated heterocycles. The van der Waals surface area contributed by atoms with E-state index in [1.165, 1.54) is 0 Å². The molecule has 1 aliphatic heterocycles. The van der Waals surface area contributed by atoms with Gasteiger partial charge in [-0.2, -0.15) is 0 Å². The van der Waals surface area contributed by atoms with E-state index in [-0.39, 0.29) is 29.8 Å². The molecule has 0 spiro atoms. The average Bonchev–Trinajstić information content (AvgIpc) is 3.10. The van der Waals surface area contributed by atoms with Gasteiger partial charge in [0.1, 0.15) is 11.5 Å². The second-order valence-corrected chi connectivity index (χ2v) is 8.50. The Balaban J connectivity index is 1.49. The number of carbonyl (C=O) groups excluding carboxylic acids is 2. The largest absolute Gasteiger partial charge is 0.483 e. The zero-order valence-corrected chi connectivity index (χ0v) is 17.5. The molecule has 0 saturated carbocycles. The van der Waals surface area contributed by atoms with E-state index in [0.717, 1.165) is 11.3 Å². The van der Waals surface area contributed by atoms with E-state index >= 15 is 0 Å². The lowest BCUT2D eigenvalue weighted by Gasteiger charge is -2.31. The van der Waals surface area contributed by atoms with Gasteiger partial charge in [-0.15, -0.1) is 0 Å². The first kappa shape index (κ1) is 20.9. The number of amides is 2. The molecule has 1 N–H and O–H groups in total. The number of rotatable bonds is 5. The average molecular weight is 399 g/mol. The van der Waals surface area contributed by atoms with Gasteiger partial charge in [0.05, 0.1) is 0 Å². The third kappa shape index (κ3) is 5.37. The third-order valence-electron chi connectivity index (χ3n) is 5.14. The van der Waals surface area contributed by atoms with E-state index in [2.05, 4.69) is 31.2 Å².